The molecule has 0 heterocycles. The van der Waals surface area contributed by atoms with Crippen LogP contribution in [0.4, 0.5) is 10.1 Å². The summed E-state index contributed by atoms with van der Waals surface area (Å²) in [6.45, 7) is 3.86. The summed E-state index contributed by atoms with van der Waals surface area (Å²) in [6.07, 6.45) is 0.512. The third kappa shape index (κ3) is 3.58. The Bertz CT molecular complexity index is 561. The number of hydrogen-bond acceptors (Lipinski definition) is 2. The number of halogens is 1. The standard InChI is InChI=1S/C17H17FN2/c1-13-3-9-16(10-4-13)20-17(2,12-19)11-14-5-7-15(18)8-6-14/h3-10,20H,11H2,1-2H3. The predicted octanol–water partition coefficient (Wildman–Crippen LogP) is 4.07. The third-order valence-corrected chi connectivity index (χ3v) is 3.19. The molecule has 20 heavy (non-hydrogen) atoms. The Hall–Kier alpha value is -2.34. The first kappa shape index (κ1) is 14.1. The number of hydrogen-bond donors (Lipinski definition) is 1. The molecule has 0 saturated carbocycles. The van der Waals surface area contributed by atoms with Gasteiger partial charge in [-0.05, 0) is 43.7 Å². The molecule has 0 spiro atoms. The molecule has 2 aromatic rings. The average Bonchev–Trinajstić information content (AvgIpc) is 2.44. The second-order valence-electron chi connectivity index (χ2n) is 5.24. The topological polar surface area (TPSA) is 35.8 Å². The fraction of sp³-hybridized carbons (Fsp3) is 0.235. The van der Waals surface area contributed by atoms with E-state index in [1.54, 1.807) is 12.1 Å². The normalized spacial score (nSPS) is 13.3. The van der Waals surface area contributed by atoms with Gasteiger partial charge in [-0.25, -0.2) is 4.39 Å². The lowest BCUT2D eigenvalue weighted by atomic mass is 9.94. The van der Waals surface area contributed by atoms with Crippen molar-refractivity contribution >= 4 is 5.69 Å². The number of nitriles is 1. The largest absolute Gasteiger partial charge is 0.367 e. The highest BCUT2D eigenvalue weighted by molar-refractivity contribution is 5.49. The van der Waals surface area contributed by atoms with Gasteiger partial charge in [0.2, 0.25) is 0 Å². The number of nitrogens with one attached hydrogen (secondary N) is 1. The van der Waals surface area contributed by atoms with Crippen LogP contribution in [0, 0.1) is 24.1 Å². The van der Waals surface area contributed by atoms with Gasteiger partial charge in [0.1, 0.15) is 11.4 Å². The SMILES string of the molecule is Cc1ccc(NC(C)(C#N)Cc2ccc(F)cc2)cc1. The summed E-state index contributed by atoms with van der Waals surface area (Å²) < 4.78 is 12.9. The molecule has 0 aliphatic heterocycles. The van der Waals surface area contributed by atoms with Crippen molar-refractivity contribution in [3.8, 4) is 6.07 Å². The van der Waals surface area contributed by atoms with Crippen LogP contribution in [0.1, 0.15) is 18.1 Å². The number of benzene rings is 2. The van der Waals surface area contributed by atoms with Gasteiger partial charge in [0.25, 0.3) is 0 Å². The van der Waals surface area contributed by atoms with Gasteiger partial charge in [-0.1, -0.05) is 29.8 Å². The Kier molecular flexibility index (Phi) is 4.05. The highest BCUT2D eigenvalue weighted by Gasteiger charge is 2.24. The summed E-state index contributed by atoms with van der Waals surface area (Å²) in [4.78, 5) is 0. The maximum atomic E-state index is 12.9. The second kappa shape index (κ2) is 5.75. The van der Waals surface area contributed by atoms with E-state index in [1.165, 1.54) is 17.7 Å². The Morgan fingerprint density at radius 1 is 1.10 bits per heavy atom. The fourth-order valence-electron chi connectivity index (χ4n) is 2.08. The molecule has 1 N–H and O–H groups in total. The van der Waals surface area contributed by atoms with Gasteiger partial charge in [-0.15, -0.1) is 0 Å². The van der Waals surface area contributed by atoms with Gasteiger partial charge >= 0.3 is 0 Å². The maximum absolute atomic E-state index is 12.9. The minimum Gasteiger partial charge on any atom is -0.367 e. The molecule has 2 rings (SSSR count). The minimum atomic E-state index is -0.729. The lowest BCUT2D eigenvalue weighted by molar-refractivity contribution is 0.620. The van der Waals surface area contributed by atoms with E-state index in [4.69, 9.17) is 0 Å². The fourth-order valence-corrected chi connectivity index (χ4v) is 2.08. The van der Waals surface area contributed by atoms with E-state index in [2.05, 4.69) is 11.4 Å². The number of rotatable bonds is 4. The highest BCUT2D eigenvalue weighted by atomic mass is 19.1. The van der Waals surface area contributed by atoms with Crippen molar-refractivity contribution in [2.24, 2.45) is 0 Å². The van der Waals surface area contributed by atoms with Gasteiger partial charge in [-0.2, -0.15) is 5.26 Å². The van der Waals surface area contributed by atoms with Crippen LogP contribution in [-0.4, -0.2) is 5.54 Å². The smallest absolute Gasteiger partial charge is 0.126 e. The van der Waals surface area contributed by atoms with Crippen molar-refractivity contribution in [2.45, 2.75) is 25.8 Å². The van der Waals surface area contributed by atoms with E-state index in [0.717, 1.165) is 11.3 Å². The molecule has 0 amide bonds. The first-order valence-corrected chi connectivity index (χ1v) is 6.51. The first-order valence-electron chi connectivity index (χ1n) is 6.51. The van der Waals surface area contributed by atoms with Gasteiger partial charge < -0.3 is 5.32 Å². The van der Waals surface area contributed by atoms with Gasteiger partial charge in [-0.3, -0.25) is 0 Å². The van der Waals surface area contributed by atoms with Crippen LogP contribution in [0.15, 0.2) is 48.5 Å². The van der Waals surface area contributed by atoms with E-state index >= 15 is 0 Å². The summed E-state index contributed by atoms with van der Waals surface area (Å²) in [5.74, 6) is -0.265. The molecule has 0 radical (unpaired) electrons. The van der Waals surface area contributed by atoms with Crippen molar-refractivity contribution in [3.05, 3.63) is 65.5 Å². The molecule has 0 saturated heterocycles. The van der Waals surface area contributed by atoms with Crippen molar-refractivity contribution < 1.29 is 4.39 Å². The number of anilines is 1. The molecule has 0 fully saturated rings. The number of aryl methyl sites for hydroxylation is 1. The third-order valence-electron chi connectivity index (χ3n) is 3.19. The van der Waals surface area contributed by atoms with Gasteiger partial charge in [0.15, 0.2) is 0 Å². The Balaban J connectivity index is 2.14. The second-order valence-corrected chi connectivity index (χ2v) is 5.24. The van der Waals surface area contributed by atoms with Crippen LogP contribution >= 0.6 is 0 Å². The van der Waals surface area contributed by atoms with Crippen LogP contribution in [0.2, 0.25) is 0 Å². The van der Waals surface area contributed by atoms with Crippen LogP contribution in [0.25, 0.3) is 0 Å². The predicted molar refractivity (Wildman–Crippen MR) is 78.9 cm³/mol. The zero-order valence-corrected chi connectivity index (χ0v) is 11.7. The molecule has 102 valence electrons. The Labute approximate surface area is 118 Å². The van der Waals surface area contributed by atoms with E-state index in [0.29, 0.717) is 6.42 Å². The van der Waals surface area contributed by atoms with Crippen molar-refractivity contribution in [1.29, 1.82) is 5.26 Å². The molecule has 1 unspecified atom stereocenters. The maximum Gasteiger partial charge on any atom is 0.126 e. The van der Waals surface area contributed by atoms with Crippen LogP contribution in [0.3, 0.4) is 0 Å². The zero-order valence-electron chi connectivity index (χ0n) is 11.7. The van der Waals surface area contributed by atoms with Crippen LogP contribution in [0.5, 0.6) is 0 Å². The molecule has 0 aromatic heterocycles. The molecule has 0 aliphatic rings. The lowest BCUT2D eigenvalue weighted by Crippen LogP contribution is -2.35. The summed E-state index contributed by atoms with van der Waals surface area (Å²) in [5, 5.41) is 12.7. The van der Waals surface area contributed by atoms with E-state index in [9.17, 15) is 9.65 Å². The number of nitrogens with zero attached hydrogens (tertiary/aromatic N) is 1. The molecular weight excluding hydrogens is 251 g/mol. The summed E-state index contributed by atoms with van der Waals surface area (Å²) in [6, 6.07) is 16.5. The van der Waals surface area contributed by atoms with E-state index < -0.39 is 5.54 Å². The molecule has 0 aliphatic carbocycles. The van der Waals surface area contributed by atoms with Crippen LogP contribution in [-0.2, 0) is 6.42 Å². The quantitative estimate of drug-likeness (QED) is 0.907. The summed E-state index contributed by atoms with van der Waals surface area (Å²) in [5.41, 5.74) is 2.28. The molecular formula is C17H17FN2. The lowest BCUT2D eigenvalue weighted by Gasteiger charge is -2.24. The Morgan fingerprint density at radius 2 is 1.70 bits per heavy atom. The first-order chi connectivity index (χ1) is 9.50. The minimum absolute atomic E-state index is 0.265. The summed E-state index contributed by atoms with van der Waals surface area (Å²) >= 11 is 0. The van der Waals surface area contributed by atoms with Crippen molar-refractivity contribution in [2.75, 3.05) is 5.32 Å². The molecule has 2 aromatic carbocycles. The molecule has 3 heteroatoms. The van der Waals surface area contributed by atoms with Gasteiger partial charge in [0, 0.05) is 12.1 Å². The van der Waals surface area contributed by atoms with Crippen molar-refractivity contribution in [1.82, 2.24) is 0 Å². The van der Waals surface area contributed by atoms with Crippen molar-refractivity contribution in [3.63, 3.8) is 0 Å². The zero-order chi connectivity index (χ0) is 14.6. The summed E-state index contributed by atoms with van der Waals surface area (Å²) in [7, 11) is 0. The highest BCUT2D eigenvalue weighted by Crippen LogP contribution is 2.20. The van der Waals surface area contributed by atoms with Crippen LogP contribution < -0.4 is 5.32 Å². The molecule has 1 atom stereocenters. The average molecular weight is 268 g/mol. The molecule has 2 nitrogen and oxygen atoms in total. The Morgan fingerprint density at radius 3 is 2.25 bits per heavy atom. The molecule has 0 bridgehead atoms. The van der Waals surface area contributed by atoms with E-state index in [1.807, 2.05) is 38.1 Å². The monoisotopic (exact) mass is 268 g/mol. The van der Waals surface area contributed by atoms with Gasteiger partial charge in [0.05, 0.1) is 6.07 Å². The van der Waals surface area contributed by atoms with E-state index in [-0.39, 0.29) is 5.82 Å².